The standard InChI is InChI=1S/C21H29F2N5S.HI/c1-4-24-21(26-11-20-27-19(13-29-20)14(2)3)25-10-15-7-8-28(12-15)16-5-6-17(22)18(23)9-16;/h5-6,9,13-15H,4,7-8,10-12H2,1-3H3,(H2,24,25,26);1H. The molecule has 0 spiro atoms. The summed E-state index contributed by atoms with van der Waals surface area (Å²) in [5, 5.41) is 9.79. The first-order valence-electron chi connectivity index (χ1n) is 10.1. The Hall–Kier alpha value is -1.49. The van der Waals surface area contributed by atoms with Crippen molar-refractivity contribution in [3.63, 3.8) is 0 Å². The van der Waals surface area contributed by atoms with E-state index in [-0.39, 0.29) is 24.0 Å². The highest BCUT2D eigenvalue weighted by Gasteiger charge is 2.23. The molecule has 3 rings (SSSR count). The molecule has 1 fully saturated rings. The molecular formula is C21H30F2IN5S. The maximum absolute atomic E-state index is 13.5. The Bertz CT molecular complexity index is 843. The van der Waals surface area contributed by atoms with E-state index in [2.05, 4.69) is 44.7 Å². The zero-order chi connectivity index (χ0) is 20.8. The van der Waals surface area contributed by atoms with E-state index in [1.165, 1.54) is 12.1 Å². The molecule has 1 aromatic carbocycles. The number of thiazole rings is 1. The van der Waals surface area contributed by atoms with Crippen molar-refractivity contribution < 1.29 is 8.78 Å². The molecule has 1 saturated heterocycles. The molecule has 1 aliphatic rings. The fourth-order valence-corrected chi connectivity index (χ4v) is 4.19. The van der Waals surface area contributed by atoms with Gasteiger partial charge in [-0.25, -0.2) is 18.8 Å². The molecule has 1 aromatic heterocycles. The molecule has 0 bridgehead atoms. The maximum Gasteiger partial charge on any atom is 0.191 e. The van der Waals surface area contributed by atoms with Gasteiger partial charge < -0.3 is 15.5 Å². The predicted octanol–water partition coefficient (Wildman–Crippen LogP) is 4.74. The van der Waals surface area contributed by atoms with E-state index < -0.39 is 11.6 Å². The first-order chi connectivity index (χ1) is 14.0. The molecule has 9 heteroatoms. The van der Waals surface area contributed by atoms with Gasteiger partial charge in [-0.15, -0.1) is 35.3 Å². The lowest BCUT2D eigenvalue weighted by atomic mass is 10.1. The lowest BCUT2D eigenvalue weighted by Crippen LogP contribution is -2.40. The van der Waals surface area contributed by atoms with Crippen molar-refractivity contribution in [3.8, 4) is 0 Å². The van der Waals surface area contributed by atoms with Crippen LogP contribution in [0.3, 0.4) is 0 Å². The Kier molecular flexibility index (Phi) is 9.73. The van der Waals surface area contributed by atoms with Crippen molar-refractivity contribution in [3.05, 3.63) is 45.9 Å². The van der Waals surface area contributed by atoms with E-state index in [9.17, 15) is 8.78 Å². The molecule has 1 aliphatic heterocycles. The summed E-state index contributed by atoms with van der Waals surface area (Å²) in [6.45, 7) is 10.1. The number of aromatic nitrogens is 1. The largest absolute Gasteiger partial charge is 0.371 e. The van der Waals surface area contributed by atoms with Gasteiger partial charge in [0.15, 0.2) is 17.6 Å². The lowest BCUT2D eigenvalue weighted by molar-refractivity contribution is 0.508. The average molecular weight is 549 g/mol. The minimum atomic E-state index is -0.807. The average Bonchev–Trinajstić information content (AvgIpc) is 3.36. The van der Waals surface area contributed by atoms with Gasteiger partial charge >= 0.3 is 0 Å². The van der Waals surface area contributed by atoms with Crippen LogP contribution in [-0.2, 0) is 6.54 Å². The molecule has 1 unspecified atom stereocenters. The van der Waals surface area contributed by atoms with E-state index in [1.54, 1.807) is 17.4 Å². The van der Waals surface area contributed by atoms with Gasteiger partial charge in [0, 0.05) is 43.3 Å². The number of nitrogens with one attached hydrogen (secondary N) is 2. The Morgan fingerprint density at radius 3 is 2.77 bits per heavy atom. The maximum atomic E-state index is 13.5. The number of benzene rings is 1. The molecule has 166 valence electrons. The SMILES string of the molecule is CCNC(=NCc1nc(C(C)C)cs1)NCC1CCN(c2ccc(F)c(F)c2)C1.I. The minimum Gasteiger partial charge on any atom is -0.371 e. The van der Waals surface area contributed by atoms with Crippen LogP contribution in [0.4, 0.5) is 14.5 Å². The van der Waals surface area contributed by atoms with Crippen molar-refractivity contribution in [1.82, 2.24) is 15.6 Å². The third-order valence-corrected chi connectivity index (χ3v) is 5.84. The Morgan fingerprint density at radius 1 is 1.30 bits per heavy atom. The van der Waals surface area contributed by atoms with Crippen LogP contribution in [0, 0.1) is 17.6 Å². The van der Waals surface area contributed by atoms with Crippen LogP contribution in [0.1, 0.15) is 43.8 Å². The summed E-state index contributed by atoms with van der Waals surface area (Å²) >= 11 is 1.64. The van der Waals surface area contributed by atoms with Gasteiger partial charge in [0.2, 0.25) is 0 Å². The molecular weight excluding hydrogens is 519 g/mol. The quantitative estimate of drug-likeness (QED) is 0.298. The molecule has 0 amide bonds. The molecule has 1 atom stereocenters. The number of hydrogen-bond acceptors (Lipinski definition) is 4. The molecule has 0 radical (unpaired) electrons. The number of hydrogen-bond donors (Lipinski definition) is 2. The minimum absolute atomic E-state index is 0. The highest BCUT2D eigenvalue weighted by atomic mass is 127. The van der Waals surface area contributed by atoms with Gasteiger partial charge in [-0.2, -0.15) is 0 Å². The summed E-state index contributed by atoms with van der Waals surface area (Å²) in [6.07, 6.45) is 0.996. The smallest absolute Gasteiger partial charge is 0.191 e. The second-order valence-corrected chi connectivity index (χ2v) is 8.54. The first-order valence-corrected chi connectivity index (χ1v) is 11.0. The normalized spacial score (nSPS) is 16.7. The van der Waals surface area contributed by atoms with Crippen LogP contribution < -0.4 is 15.5 Å². The summed E-state index contributed by atoms with van der Waals surface area (Å²) < 4.78 is 26.6. The third-order valence-electron chi connectivity index (χ3n) is 4.99. The van der Waals surface area contributed by atoms with E-state index in [4.69, 9.17) is 0 Å². The fraction of sp³-hybridized carbons (Fsp3) is 0.524. The zero-order valence-electron chi connectivity index (χ0n) is 17.6. The molecule has 0 aliphatic carbocycles. The lowest BCUT2D eigenvalue weighted by Gasteiger charge is -2.19. The predicted molar refractivity (Wildman–Crippen MR) is 131 cm³/mol. The summed E-state index contributed by atoms with van der Waals surface area (Å²) in [5.74, 6) is 0.0153. The number of guanidine groups is 1. The number of halogens is 3. The molecule has 2 aromatic rings. The highest BCUT2D eigenvalue weighted by Crippen LogP contribution is 2.25. The van der Waals surface area contributed by atoms with Crippen LogP contribution >= 0.6 is 35.3 Å². The van der Waals surface area contributed by atoms with Crippen molar-refractivity contribution >= 4 is 47.0 Å². The van der Waals surface area contributed by atoms with E-state index >= 15 is 0 Å². The van der Waals surface area contributed by atoms with E-state index in [0.717, 1.165) is 54.9 Å². The van der Waals surface area contributed by atoms with Crippen molar-refractivity contribution in [1.29, 1.82) is 0 Å². The summed E-state index contributed by atoms with van der Waals surface area (Å²) in [5.41, 5.74) is 1.85. The van der Waals surface area contributed by atoms with Gasteiger partial charge in [-0.05, 0) is 37.3 Å². The highest BCUT2D eigenvalue weighted by molar-refractivity contribution is 14.0. The monoisotopic (exact) mass is 549 g/mol. The van der Waals surface area contributed by atoms with E-state index in [1.807, 2.05) is 6.92 Å². The van der Waals surface area contributed by atoms with Gasteiger partial charge in [0.05, 0.1) is 12.2 Å². The van der Waals surface area contributed by atoms with E-state index in [0.29, 0.717) is 18.4 Å². The summed E-state index contributed by atoms with van der Waals surface area (Å²) in [7, 11) is 0. The van der Waals surface area contributed by atoms with Crippen molar-refractivity contribution in [2.24, 2.45) is 10.9 Å². The molecule has 5 nitrogen and oxygen atoms in total. The van der Waals surface area contributed by atoms with Crippen LogP contribution in [0.15, 0.2) is 28.6 Å². The topological polar surface area (TPSA) is 52.6 Å². The number of nitrogens with zero attached hydrogens (tertiary/aromatic N) is 3. The second-order valence-electron chi connectivity index (χ2n) is 7.60. The molecule has 0 saturated carbocycles. The van der Waals surface area contributed by atoms with Crippen molar-refractivity contribution in [2.45, 2.75) is 39.7 Å². The Labute approximate surface area is 198 Å². The van der Waals surface area contributed by atoms with Gasteiger partial charge in [0.25, 0.3) is 0 Å². The summed E-state index contributed by atoms with van der Waals surface area (Å²) in [6, 6.07) is 4.10. The Morgan fingerprint density at radius 2 is 2.10 bits per heavy atom. The fourth-order valence-electron chi connectivity index (χ4n) is 3.31. The molecule has 2 heterocycles. The van der Waals surface area contributed by atoms with Crippen LogP contribution in [0.2, 0.25) is 0 Å². The first kappa shape index (κ1) is 24.8. The third kappa shape index (κ3) is 6.76. The van der Waals surface area contributed by atoms with Crippen LogP contribution in [0.5, 0.6) is 0 Å². The van der Waals surface area contributed by atoms with Gasteiger partial charge in [-0.3, -0.25) is 0 Å². The zero-order valence-corrected chi connectivity index (χ0v) is 20.8. The summed E-state index contributed by atoms with van der Waals surface area (Å²) in [4.78, 5) is 11.4. The van der Waals surface area contributed by atoms with Crippen LogP contribution in [0.25, 0.3) is 0 Å². The second kappa shape index (κ2) is 11.8. The number of aliphatic imine (C=N–C) groups is 1. The van der Waals surface area contributed by atoms with Crippen LogP contribution in [-0.4, -0.2) is 37.1 Å². The molecule has 2 N–H and O–H groups in total. The number of rotatable bonds is 7. The number of anilines is 1. The molecule has 30 heavy (non-hydrogen) atoms. The van der Waals surface area contributed by atoms with Gasteiger partial charge in [0.1, 0.15) is 5.01 Å². The Balaban J connectivity index is 0.00000320. The van der Waals surface area contributed by atoms with Crippen molar-refractivity contribution in [2.75, 3.05) is 31.1 Å². The van der Waals surface area contributed by atoms with Gasteiger partial charge in [-0.1, -0.05) is 13.8 Å².